The van der Waals surface area contributed by atoms with Gasteiger partial charge in [0.1, 0.15) is 28.9 Å². The van der Waals surface area contributed by atoms with Crippen LogP contribution in [0.1, 0.15) is 28.0 Å². The molecule has 2 aromatic carbocycles. The highest BCUT2D eigenvalue weighted by Crippen LogP contribution is 2.37. The van der Waals surface area contributed by atoms with Crippen LogP contribution in [0.2, 0.25) is 0 Å². The average molecular weight is 477 g/mol. The SMILES string of the molecule is CCOC(=O)c1sc2cccc(F)c2c1CSc1nnc(COc2ccc(F)cc2)n1N. The lowest BCUT2D eigenvalue weighted by Crippen LogP contribution is -2.15. The van der Waals surface area contributed by atoms with E-state index in [4.69, 9.17) is 15.3 Å². The molecule has 0 fully saturated rings. The quantitative estimate of drug-likeness (QED) is 0.227. The Morgan fingerprint density at radius 1 is 1.19 bits per heavy atom. The second kappa shape index (κ2) is 9.53. The maximum Gasteiger partial charge on any atom is 0.348 e. The van der Waals surface area contributed by atoms with Gasteiger partial charge in [0.2, 0.25) is 5.16 Å². The summed E-state index contributed by atoms with van der Waals surface area (Å²) in [7, 11) is 0. The predicted octanol–water partition coefficient (Wildman–Crippen LogP) is 4.53. The zero-order valence-corrected chi connectivity index (χ0v) is 18.5. The zero-order valence-electron chi connectivity index (χ0n) is 16.9. The predicted molar refractivity (Wildman–Crippen MR) is 118 cm³/mol. The Hall–Kier alpha value is -3.18. The van der Waals surface area contributed by atoms with Crippen molar-refractivity contribution in [2.45, 2.75) is 24.4 Å². The first-order valence-electron chi connectivity index (χ1n) is 9.55. The molecule has 0 aliphatic rings. The Labute approximate surface area is 190 Å². The van der Waals surface area contributed by atoms with Crippen LogP contribution in [0.25, 0.3) is 10.1 Å². The molecule has 2 N–H and O–H groups in total. The van der Waals surface area contributed by atoms with Gasteiger partial charge >= 0.3 is 5.97 Å². The molecule has 4 aromatic rings. The van der Waals surface area contributed by atoms with Gasteiger partial charge in [-0.15, -0.1) is 21.5 Å². The van der Waals surface area contributed by atoms with Crippen LogP contribution in [0.4, 0.5) is 8.78 Å². The number of thiophene rings is 1. The molecule has 32 heavy (non-hydrogen) atoms. The highest BCUT2D eigenvalue weighted by Gasteiger charge is 2.23. The summed E-state index contributed by atoms with van der Waals surface area (Å²) in [4.78, 5) is 12.8. The van der Waals surface area contributed by atoms with E-state index in [-0.39, 0.29) is 24.8 Å². The van der Waals surface area contributed by atoms with E-state index >= 15 is 0 Å². The Bertz CT molecular complexity index is 1260. The van der Waals surface area contributed by atoms with Gasteiger partial charge in [0.15, 0.2) is 5.82 Å². The summed E-state index contributed by atoms with van der Waals surface area (Å²) >= 11 is 2.40. The van der Waals surface area contributed by atoms with Gasteiger partial charge in [-0.05, 0) is 48.9 Å². The number of thioether (sulfide) groups is 1. The summed E-state index contributed by atoms with van der Waals surface area (Å²) in [6.07, 6.45) is 0. The van der Waals surface area contributed by atoms with Gasteiger partial charge in [-0.25, -0.2) is 18.3 Å². The third kappa shape index (κ3) is 4.53. The van der Waals surface area contributed by atoms with E-state index in [1.165, 1.54) is 58.1 Å². The number of fused-ring (bicyclic) bond motifs is 1. The standard InChI is InChI=1S/C21H18F2N4O3S2/c1-2-29-20(28)19-14(18-15(23)4-3-5-16(18)32-19)11-31-21-26-25-17(27(21)24)10-30-13-8-6-12(22)7-9-13/h3-9H,2,10-11,24H2,1H3. The second-order valence-electron chi connectivity index (χ2n) is 6.54. The number of nitrogens with zero attached hydrogens (tertiary/aromatic N) is 3. The summed E-state index contributed by atoms with van der Waals surface area (Å²) in [6, 6.07) is 10.3. The van der Waals surface area contributed by atoms with Crippen LogP contribution in [0.5, 0.6) is 5.75 Å². The number of esters is 1. The maximum atomic E-state index is 14.6. The normalized spacial score (nSPS) is 11.1. The molecule has 166 valence electrons. The Balaban J connectivity index is 1.53. The summed E-state index contributed by atoms with van der Waals surface area (Å²) in [6.45, 7) is 1.96. The van der Waals surface area contributed by atoms with Crippen molar-refractivity contribution in [1.29, 1.82) is 0 Å². The van der Waals surface area contributed by atoms with Crippen LogP contribution in [0.15, 0.2) is 47.6 Å². The Morgan fingerprint density at radius 3 is 2.72 bits per heavy atom. The largest absolute Gasteiger partial charge is 0.486 e. The third-order valence-corrected chi connectivity index (χ3v) is 6.63. The molecule has 0 unspecified atom stereocenters. The number of hydrogen-bond donors (Lipinski definition) is 1. The molecule has 0 aliphatic carbocycles. The van der Waals surface area contributed by atoms with E-state index in [1.807, 2.05) is 0 Å². The summed E-state index contributed by atoms with van der Waals surface area (Å²) in [5.74, 6) is 5.87. The van der Waals surface area contributed by atoms with Gasteiger partial charge in [0.25, 0.3) is 0 Å². The van der Waals surface area contributed by atoms with Gasteiger partial charge in [-0.2, -0.15) is 0 Å². The number of benzene rings is 2. The Morgan fingerprint density at radius 2 is 1.97 bits per heavy atom. The number of aromatic nitrogens is 3. The van der Waals surface area contributed by atoms with Gasteiger partial charge in [0, 0.05) is 15.8 Å². The lowest BCUT2D eigenvalue weighted by atomic mass is 10.1. The molecule has 0 amide bonds. The van der Waals surface area contributed by atoms with Gasteiger partial charge in [-0.3, -0.25) is 0 Å². The molecule has 2 heterocycles. The number of ether oxygens (including phenoxy) is 2. The van der Waals surface area contributed by atoms with E-state index in [2.05, 4.69) is 10.2 Å². The van der Waals surface area contributed by atoms with E-state index < -0.39 is 11.8 Å². The molecule has 0 saturated heterocycles. The summed E-state index contributed by atoms with van der Waals surface area (Å²) in [5.41, 5.74) is 0.527. The highest BCUT2D eigenvalue weighted by molar-refractivity contribution is 7.98. The van der Waals surface area contributed by atoms with E-state index in [0.717, 1.165) is 0 Å². The first-order chi connectivity index (χ1) is 15.5. The van der Waals surface area contributed by atoms with Gasteiger partial charge in [-0.1, -0.05) is 17.8 Å². The molecule has 0 atom stereocenters. The Kier molecular flexibility index (Phi) is 6.56. The second-order valence-corrected chi connectivity index (χ2v) is 8.54. The van der Waals surface area contributed by atoms with Crippen LogP contribution < -0.4 is 10.6 Å². The van der Waals surface area contributed by atoms with Crippen LogP contribution in [0, 0.1) is 11.6 Å². The van der Waals surface area contributed by atoms with Crippen LogP contribution in [-0.4, -0.2) is 27.4 Å². The molecular weight excluding hydrogens is 458 g/mol. The number of carbonyl (C=O) groups is 1. The molecule has 0 saturated carbocycles. The fraction of sp³-hybridized carbons (Fsp3) is 0.190. The summed E-state index contributed by atoms with van der Waals surface area (Å²) < 4.78 is 40.2. The number of halogens is 2. The van der Waals surface area contributed by atoms with Crippen molar-refractivity contribution in [2.75, 3.05) is 12.4 Å². The molecule has 2 aromatic heterocycles. The minimum Gasteiger partial charge on any atom is -0.486 e. The van der Waals surface area contributed by atoms with Crippen LogP contribution >= 0.6 is 23.1 Å². The highest BCUT2D eigenvalue weighted by atomic mass is 32.2. The first-order valence-corrected chi connectivity index (χ1v) is 11.4. The van der Waals surface area contributed by atoms with Crippen molar-refractivity contribution in [2.24, 2.45) is 0 Å². The van der Waals surface area contributed by atoms with Gasteiger partial charge in [0.05, 0.1) is 6.61 Å². The minimum absolute atomic E-state index is 0.0276. The van der Waals surface area contributed by atoms with Crippen LogP contribution in [-0.2, 0) is 17.1 Å². The smallest absolute Gasteiger partial charge is 0.348 e. The monoisotopic (exact) mass is 476 g/mol. The molecule has 0 bridgehead atoms. The van der Waals surface area contributed by atoms with Crippen molar-refractivity contribution in [3.63, 3.8) is 0 Å². The number of rotatable bonds is 8. The fourth-order valence-electron chi connectivity index (χ4n) is 2.99. The minimum atomic E-state index is -0.494. The van der Waals surface area contributed by atoms with E-state index in [0.29, 0.717) is 37.3 Å². The van der Waals surface area contributed by atoms with Crippen LogP contribution in [0.3, 0.4) is 0 Å². The zero-order chi connectivity index (χ0) is 22.7. The fourth-order valence-corrected chi connectivity index (χ4v) is 5.11. The molecule has 7 nitrogen and oxygen atoms in total. The molecule has 0 aliphatic heterocycles. The number of carbonyl (C=O) groups excluding carboxylic acids is 1. The van der Waals surface area contributed by atoms with Gasteiger partial charge < -0.3 is 15.3 Å². The number of nitrogens with two attached hydrogens (primary N) is 1. The first kappa shape index (κ1) is 22.0. The van der Waals surface area contributed by atoms with Crippen molar-refractivity contribution in [3.05, 3.63) is 70.4 Å². The lowest BCUT2D eigenvalue weighted by Gasteiger charge is -2.07. The molecule has 4 rings (SSSR count). The van der Waals surface area contributed by atoms with Crippen molar-refractivity contribution >= 4 is 39.2 Å². The number of nitrogen functional groups attached to an aromatic ring is 1. The van der Waals surface area contributed by atoms with Crippen molar-refractivity contribution in [3.8, 4) is 5.75 Å². The summed E-state index contributed by atoms with van der Waals surface area (Å²) in [5, 5.41) is 8.83. The lowest BCUT2D eigenvalue weighted by molar-refractivity contribution is 0.0531. The van der Waals surface area contributed by atoms with E-state index in [1.54, 1.807) is 19.1 Å². The topological polar surface area (TPSA) is 92.3 Å². The third-order valence-electron chi connectivity index (χ3n) is 4.49. The molecular formula is C21H18F2N4O3S2. The number of hydrogen-bond acceptors (Lipinski definition) is 8. The molecule has 0 radical (unpaired) electrons. The molecule has 0 spiro atoms. The van der Waals surface area contributed by atoms with E-state index in [9.17, 15) is 13.6 Å². The average Bonchev–Trinajstić information content (AvgIpc) is 3.33. The maximum absolute atomic E-state index is 14.6. The van der Waals surface area contributed by atoms with Crippen molar-refractivity contribution in [1.82, 2.24) is 14.9 Å². The van der Waals surface area contributed by atoms with Crippen molar-refractivity contribution < 1.29 is 23.0 Å². The molecule has 11 heteroatoms.